The standard InChI is InChI=1S/C18H22FN5O3S.C2H4O/c1-20-9-13-10-24(18(26)27-13)12-2-3-15(14(19)8-12)22-4-6-23(7-5-22)17-21-16(25)11-28-17;1-2-3/h2-3,8,13,20H,4-7,9-11H2,1H3;2H,1H3. The maximum atomic E-state index is 14.8. The van der Waals surface area contributed by atoms with Gasteiger partial charge in [-0.1, -0.05) is 11.8 Å². The van der Waals surface area contributed by atoms with Gasteiger partial charge < -0.3 is 24.6 Å². The highest BCUT2D eigenvalue weighted by Crippen LogP contribution is 2.29. The second kappa shape index (κ2) is 10.6. The minimum absolute atomic E-state index is 0.0959. The van der Waals surface area contributed by atoms with Crippen LogP contribution in [0.2, 0.25) is 0 Å². The molecule has 1 aromatic carbocycles. The number of hydrogen-bond donors (Lipinski definition) is 1. The molecule has 3 aliphatic heterocycles. The van der Waals surface area contributed by atoms with Gasteiger partial charge in [-0.3, -0.25) is 9.69 Å². The average Bonchev–Trinajstić information content (AvgIpc) is 3.34. The van der Waals surface area contributed by atoms with Crippen molar-refractivity contribution in [1.29, 1.82) is 0 Å². The fourth-order valence-corrected chi connectivity index (χ4v) is 4.43. The minimum atomic E-state index is -0.453. The summed E-state index contributed by atoms with van der Waals surface area (Å²) in [5, 5.41) is 3.74. The van der Waals surface area contributed by atoms with Gasteiger partial charge in [-0.15, -0.1) is 0 Å². The predicted molar refractivity (Wildman–Crippen MR) is 118 cm³/mol. The summed E-state index contributed by atoms with van der Waals surface area (Å²) in [5.74, 6) is -0.0558. The Labute approximate surface area is 184 Å². The SMILES string of the molecule is CC=O.CNCC1CN(c2ccc(N3CCN(C4=NC(=O)CS4)CC3)c(F)c2)C(=O)O1. The van der Waals surface area contributed by atoms with Crippen molar-refractivity contribution in [3.8, 4) is 0 Å². The molecular weight excluding hydrogens is 425 g/mol. The number of amides is 2. The molecule has 0 aromatic heterocycles. The zero-order valence-electron chi connectivity index (χ0n) is 17.5. The minimum Gasteiger partial charge on any atom is -0.443 e. The van der Waals surface area contributed by atoms with Crippen LogP contribution in [0, 0.1) is 5.82 Å². The number of carbonyl (C=O) groups excluding carboxylic acids is 3. The summed E-state index contributed by atoms with van der Waals surface area (Å²) in [6.07, 6.45) is 0.0574. The number of hydrogen-bond acceptors (Lipinski definition) is 8. The molecule has 11 heteroatoms. The maximum absolute atomic E-state index is 14.8. The van der Waals surface area contributed by atoms with Gasteiger partial charge in [-0.05, 0) is 32.2 Å². The molecule has 0 saturated carbocycles. The van der Waals surface area contributed by atoms with E-state index in [0.717, 1.165) is 11.5 Å². The molecule has 4 rings (SSSR count). The van der Waals surface area contributed by atoms with Crippen LogP contribution in [0.25, 0.3) is 0 Å². The molecule has 9 nitrogen and oxygen atoms in total. The van der Waals surface area contributed by atoms with E-state index in [1.165, 1.54) is 29.7 Å². The number of thioether (sulfide) groups is 1. The Morgan fingerprint density at radius 1 is 1.26 bits per heavy atom. The third-order valence-electron chi connectivity index (χ3n) is 4.98. The summed E-state index contributed by atoms with van der Waals surface area (Å²) in [6.45, 7) is 5.05. The Bertz CT molecular complexity index is 860. The number of cyclic esters (lactones) is 1. The molecule has 2 amide bonds. The summed E-state index contributed by atoms with van der Waals surface area (Å²) in [7, 11) is 1.79. The smallest absolute Gasteiger partial charge is 0.414 e. The third kappa shape index (κ3) is 5.53. The fourth-order valence-electron chi connectivity index (χ4n) is 3.58. The molecule has 1 N–H and O–H groups in total. The Kier molecular flexibility index (Phi) is 7.85. The summed E-state index contributed by atoms with van der Waals surface area (Å²) < 4.78 is 20.1. The number of halogens is 1. The zero-order valence-corrected chi connectivity index (χ0v) is 18.4. The second-order valence-electron chi connectivity index (χ2n) is 7.10. The number of benzene rings is 1. The number of carbonyl (C=O) groups is 3. The Morgan fingerprint density at radius 2 is 1.94 bits per heavy atom. The monoisotopic (exact) mass is 451 g/mol. The summed E-state index contributed by atoms with van der Waals surface area (Å²) in [5.41, 5.74) is 1.01. The van der Waals surface area contributed by atoms with E-state index in [1.54, 1.807) is 19.2 Å². The molecule has 0 aliphatic carbocycles. The summed E-state index contributed by atoms with van der Waals surface area (Å²) in [4.78, 5) is 41.7. The highest BCUT2D eigenvalue weighted by atomic mass is 32.2. The van der Waals surface area contributed by atoms with Crippen molar-refractivity contribution in [1.82, 2.24) is 10.2 Å². The molecular formula is C20H26FN5O4S. The van der Waals surface area contributed by atoms with Crippen LogP contribution in [0.4, 0.5) is 20.6 Å². The Balaban J connectivity index is 0.000000858. The predicted octanol–water partition coefficient (Wildman–Crippen LogP) is 1.33. The topological polar surface area (TPSA) is 94.5 Å². The molecule has 0 radical (unpaired) electrons. The Hall–Kier alpha value is -2.66. The number of aldehydes is 1. The van der Waals surface area contributed by atoms with Gasteiger partial charge in [0.05, 0.1) is 23.7 Å². The van der Waals surface area contributed by atoms with Gasteiger partial charge in [0, 0.05) is 32.7 Å². The molecule has 1 aromatic rings. The Morgan fingerprint density at radius 3 is 2.52 bits per heavy atom. The maximum Gasteiger partial charge on any atom is 0.414 e. The molecule has 3 aliphatic rings. The lowest BCUT2D eigenvalue weighted by Crippen LogP contribution is -2.48. The quantitative estimate of drug-likeness (QED) is 0.686. The molecule has 2 fully saturated rings. The van der Waals surface area contributed by atoms with Gasteiger partial charge in [0.25, 0.3) is 5.91 Å². The molecule has 31 heavy (non-hydrogen) atoms. The first-order valence-corrected chi connectivity index (χ1v) is 11.0. The number of aliphatic imine (C=N–C) groups is 1. The largest absolute Gasteiger partial charge is 0.443 e. The van der Waals surface area contributed by atoms with Gasteiger partial charge in [0.1, 0.15) is 18.2 Å². The van der Waals surface area contributed by atoms with Gasteiger partial charge in [-0.25, -0.2) is 9.18 Å². The van der Waals surface area contributed by atoms with Crippen molar-refractivity contribution in [3.05, 3.63) is 24.0 Å². The fraction of sp³-hybridized carbons (Fsp3) is 0.500. The van der Waals surface area contributed by atoms with Gasteiger partial charge in [0.2, 0.25) is 0 Å². The highest BCUT2D eigenvalue weighted by Gasteiger charge is 2.32. The normalized spacial score (nSPS) is 20.9. The molecule has 168 valence electrons. The number of amidine groups is 1. The van der Waals surface area contributed by atoms with Crippen molar-refractivity contribution in [2.24, 2.45) is 4.99 Å². The van der Waals surface area contributed by atoms with Crippen LogP contribution in [0.15, 0.2) is 23.2 Å². The van der Waals surface area contributed by atoms with E-state index >= 15 is 0 Å². The van der Waals surface area contributed by atoms with Crippen molar-refractivity contribution in [2.45, 2.75) is 13.0 Å². The highest BCUT2D eigenvalue weighted by molar-refractivity contribution is 8.14. The van der Waals surface area contributed by atoms with Crippen LogP contribution < -0.4 is 15.1 Å². The third-order valence-corrected chi connectivity index (χ3v) is 5.98. The molecule has 3 heterocycles. The number of ether oxygens (including phenoxy) is 1. The molecule has 1 unspecified atom stereocenters. The number of piperazine rings is 1. The average molecular weight is 452 g/mol. The number of nitrogens with one attached hydrogen (secondary N) is 1. The summed E-state index contributed by atoms with van der Waals surface area (Å²) >= 11 is 1.46. The van der Waals surface area contributed by atoms with Crippen LogP contribution in [-0.2, 0) is 14.3 Å². The molecule has 1 atom stereocenters. The van der Waals surface area contributed by atoms with E-state index in [-0.39, 0.29) is 17.8 Å². The molecule has 0 spiro atoms. The zero-order chi connectivity index (χ0) is 22.4. The van der Waals surface area contributed by atoms with Gasteiger partial charge >= 0.3 is 6.09 Å². The van der Waals surface area contributed by atoms with E-state index in [1.807, 2.05) is 4.90 Å². The first kappa shape index (κ1) is 23.0. The van der Waals surface area contributed by atoms with Crippen LogP contribution >= 0.6 is 11.8 Å². The second-order valence-corrected chi connectivity index (χ2v) is 8.04. The van der Waals surface area contributed by atoms with Crippen molar-refractivity contribution < 1.29 is 23.5 Å². The van der Waals surface area contributed by atoms with E-state index in [9.17, 15) is 14.0 Å². The van der Waals surface area contributed by atoms with Gasteiger partial charge in [-0.2, -0.15) is 4.99 Å². The van der Waals surface area contributed by atoms with E-state index in [4.69, 9.17) is 9.53 Å². The number of nitrogens with zero attached hydrogens (tertiary/aromatic N) is 4. The molecule has 0 bridgehead atoms. The van der Waals surface area contributed by atoms with Crippen molar-refractivity contribution in [2.75, 3.05) is 61.9 Å². The lowest BCUT2D eigenvalue weighted by molar-refractivity contribution is -0.115. The number of anilines is 2. The first-order chi connectivity index (χ1) is 15.0. The number of likely N-dealkylation sites (N-methyl/N-ethyl adjacent to an activating group) is 1. The molecule has 2 saturated heterocycles. The van der Waals surface area contributed by atoms with Crippen LogP contribution in [-0.4, -0.2) is 86.5 Å². The van der Waals surface area contributed by atoms with Gasteiger partial charge in [0.15, 0.2) is 5.17 Å². The van der Waals surface area contributed by atoms with Crippen LogP contribution in [0.1, 0.15) is 6.92 Å². The summed E-state index contributed by atoms with van der Waals surface area (Å²) in [6, 6.07) is 4.86. The van der Waals surface area contributed by atoms with Crippen molar-refractivity contribution in [3.63, 3.8) is 0 Å². The van der Waals surface area contributed by atoms with E-state index in [0.29, 0.717) is 56.4 Å². The van der Waals surface area contributed by atoms with Crippen LogP contribution in [0.3, 0.4) is 0 Å². The lowest BCUT2D eigenvalue weighted by Gasteiger charge is -2.36. The first-order valence-electron chi connectivity index (χ1n) is 10.0. The van der Waals surface area contributed by atoms with E-state index < -0.39 is 6.09 Å². The van der Waals surface area contributed by atoms with Crippen molar-refractivity contribution >= 4 is 46.6 Å². The van der Waals surface area contributed by atoms with Crippen LogP contribution in [0.5, 0.6) is 0 Å². The lowest BCUT2D eigenvalue weighted by atomic mass is 10.2. The van der Waals surface area contributed by atoms with E-state index in [2.05, 4.69) is 15.2 Å². The number of rotatable bonds is 4.